The summed E-state index contributed by atoms with van der Waals surface area (Å²) in [6, 6.07) is 9.66. The fraction of sp³-hybridized carbons (Fsp3) is 0.250. The number of benzene rings is 1. The number of aromatic nitrogens is 2. The van der Waals surface area contributed by atoms with Crippen molar-refractivity contribution in [1.29, 1.82) is 0 Å². The Bertz CT molecular complexity index is 595. The van der Waals surface area contributed by atoms with Crippen molar-refractivity contribution >= 4 is 11.6 Å². The molecular weight excluding hydrogens is 252 g/mol. The molecule has 4 nitrogen and oxygen atoms in total. The zero-order valence-electron chi connectivity index (χ0n) is 12.0. The highest BCUT2D eigenvalue weighted by molar-refractivity contribution is 5.79. The highest BCUT2D eigenvalue weighted by atomic mass is 16.5. The minimum absolute atomic E-state index is 0.604. The van der Waals surface area contributed by atoms with Crippen LogP contribution in [0, 0.1) is 0 Å². The van der Waals surface area contributed by atoms with E-state index in [-0.39, 0.29) is 0 Å². The van der Waals surface area contributed by atoms with Gasteiger partial charge in [-0.15, -0.1) is 0 Å². The lowest BCUT2D eigenvalue weighted by atomic mass is 10.1. The molecule has 0 aliphatic carbocycles. The summed E-state index contributed by atoms with van der Waals surface area (Å²) in [6.07, 6.45) is 3.71. The highest BCUT2D eigenvalue weighted by Gasteiger charge is 2.05. The second-order valence-corrected chi connectivity index (χ2v) is 4.28. The molecule has 1 aromatic carbocycles. The van der Waals surface area contributed by atoms with Crippen LogP contribution in [0.25, 0.3) is 11.6 Å². The first-order chi connectivity index (χ1) is 9.74. The van der Waals surface area contributed by atoms with Crippen LogP contribution in [-0.4, -0.2) is 23.9 Å². The minimum atomic E-state index is 0.604. The van der Waals surface area contributed by atoms with Gasteiger partial charge in [-0.05, 0) is 55.3 Å². The van der Waals surface area contributed by atoms with Gasteiger partial charge in [-0.2, -0.15) is 10.2 Å². The van der Waals surface area contributed by atoms with Crippen LogP contribution in [-0.2, 0) is 0 Å². The van der Waals surface area contributed by atoms with Gasteiger partial charge in [0.25, 0.3) is 0 Å². The van der Waals surface area contributed by atoms with E-state index in [1.165, 1.54) is 0 Å². The Labute approximate surface area is 119 Å². The molecule has 1 aromatic heterocycles. The maximum Gasteiger partial charge on any atom is 0.161 e. The minimum Gasteiger partial charge on any atom is -0.493 e. The number of hydrogen-bond acceptors (Lipinski definition) is 4. The highest BCUT2D eigenvalue weighted by Crippen LogP contribution is 2.29. The predicted octanol–water partition coefficient (Wildman–Crippen LogP) is 3.44. The summed E-state index contributed by atoms with van der Waals surface area (Å²) in [5.74, 6) is 1.48. The third-order valence-electron chi connectivity index (χ3n) is 2.85. The maximum atomic E-state index is 5.57. The van der Waals surface area contributed by atoms with Crippen molar-refractivity contribution in [2.75, 3.05) is 13.7 Å². The van der Waals surface area contributed by atoms with Crippen molar-refractivity contribution in [3.8, 4) is 11.5 Å². The molecule has 0 aliphatic heterocycles. The van der Waals surface area contributed by atoms with Gasteiger partial charge >= 0.3 is 0 Å². The molecule has 20 heavy (non-hydrogen) atoms. The van der Waals surface area contributed by atoms with Gasteiger partial charge in [0.05, 0.1) is 19.4 Å². The summed E-state index contributed by atoms with van der Waals surface area (Å²) in [7, 11) is 1.64. The Morgan fingerprint density at radius 2 is 2.10 bits per heavy atom. The van der Waals surface area contributed by atoms with E-state index in [0.29, 0.717) is 6.61 Å². The molecular formula is C16H18N2O2. The molecule has 0 bridgehead atoms. The Morgan fingerprint density at radius 3 is 2.75 bits per heavy atom. The summed E-state index contributed by atoms with van der Waals surface area (Å²) in [4.78, 5) is 0. The van der Waals surface area contributed by atoms with E-state index in [4.69, 9.17) is 9.47 Å². The van der Waals surface area contributed by atoms with E-state index < -0.39 is 0 Å². The Balaban J connectivity index is 2.31. The van der Waals surface area contributed by atoms with Crippen LogP contribution in [0.4, 0.5) is 0 Å². The van der Waals surface area contributed by atoms with Gasteiger partial charge in [0, 0.05) is 6.20 Å². The Kier molecular flexibility index (Phi) is 4.71. The van der Waals surface area contributed by atoms with Crippen LogP contribution in [0.2, 0.25) is 0 Å². The molecule has 4 heteroatoms. The summed E-state index contributed by atoms with van der Waals surface area (Å²) in [5, 5.41) is 7.98. The Hall–Kier alpha value is -2.36. The van der Waals surface area contributed by atoms with Crippen LogP contribution in [0.5, 0.6) is 11.5 Å². The Morgan fingerprint density at radius 1 is 1.25 bits per heavy atom. The van der Waals surface area contributed by atoms with Crippen LogP contribution in [0.15, 0.2) is 36.5 Å². The number of nitrogens with zero attached hydrogens (tertiary/aromatic N) is 2. The van der Waals surface area contributed by atoms with E-state index in [9.17, 15) is 0 Å². The normalized spacial score (nSPS) is 11.2. The molecule has 0 atom stereocenters. The molecule has 0 radical (unpaired) electrons. The number of allylic oxidation sites excluding steroid dienone is 1. The van der Waals surface area contributed by atoms with Gasteiger partial charge in [0.2, 0.25) is 0 Å². The number of rotatable bonds is 5. The van der Waals surface area contributed by atoms with Crippen molar-refractivity contribution in [2.24, 2.45) is 0 Å². The van der Waals surface area contributed by atoms with E-state index in [2.05, 4.69) is 10.2 Å². The van der Waals surface area contributed by atoms with Crippen LogP contribution < -0.4 is 9.47 Å². The van der Waals surface area contributed by atoms with Crippen LogP contribution in [0.1, 0.15) is 25.1 Å². The van der Waals surface area contributed by atoms with Crippen molar-refractivity contribution in [3.63, 3.8) is 0 Å². The van der Waals surface area contributed by atoms with E-state index in [1.807, 2.05) is 50.3 Å². The largest absolute Gasteiger partial charge is 0.493 e. The average molecular weight is 270 g/mol. The van der Waals surface area contributed by atoms with Crippen LogP contribution in [0.3, 0.4) is 0 Å². The third-order valence-corrected chi connectivity index (χ3v) is 2.85. The van der Waals surface area contributed by atoms with Crippen LogP contribution >= 0.6 is 0 Å². The molecule has 1 heterocycles. The van der Waals surface area contributed by atoms with Crippen molar-refractivity contribution < 1.29 is 9.47 Å². The second kappa shape index (κ2) is 6.70. The fourth-order valence-electron chi connectivity index (χ4n) is 1.89. The lowest BCUT2D eigenvalue weighted by molar-refractivity contribution is 0.311. The topological polar surface area (TPSA) is 44.2 Å². The first-order valence-electron chi connectivity index (χ1n) is 6.51. The first kappa shape index (κ1) is 14.1. The zero-order chi connectivity index (χ0) is 14.4. The van der Waals surface area contributed by atoms with Gasteiger partial charge in [-0.3, -0.25) is 0 Å². The average Bonchev–Trinajstić information content (AvgIpc) is 2.49. The predicted molar refractivity (Wildman–Crippen MR) is 79.7 cm³/mol. The van der Waals surface area contributed by atoms with Gasteiger partial charge < -0.3 is 9.47 Å². The van der Waals surface area contributed by atoms with Crippen molar-refractivity contribution in [2.45, 2.75) is 13.8 Å². The molecule has 0 unspecified atom stereocenters. The molecule has 0 saturated heterocycles. The molecule has 104 valence electrons. The zero-order valence-corrected chi connectivity index (χ0v) is 12.0. The van der Waals surface area contributed by atoms with E-state index in [0.717, 1.165) is 28.3 Å². The maximum absolute atomic E-state index is 5.57. The quantitative estimate of drug-likeness (QED) is 0.834. The lowest BCUT2D eigenvalue weighted by Crippen LogP contribution is -1.95. The molecule has 0 spiro atoms. The first-order valence-corrected chi connectivity index (χ1v) is 6.51. The molecule has 0 saturated carbocycles. The summed E-state index contributed by atoms with van der Waals surface area (Å²) in [5.41, 5.74) is 2.95. The lowest BCUT2D eigenvalue weighted by Gasteiger charge is -2.10. The van der Waals surface area contributed by atoms with Gasteiger partial charge in [-0.1, -0.05) is 6.07 Å². The van der Waals surface area contributed by atoms with E-state index in [1.54, 1.807) is 13.3 Å². The second-order valence-electron chi connectivity index (χ2n) is 4.28. The van der Waals surface area contributed by atoms with Crippen molar-refractivity contribution in [1.82, 2.24) is 10.2 Å². The van der Waals surface area contributed by atoms with E-state index >= 15 is 0 Å². The third kappa shape index (κ3) is 3.35. The van der Waals surface area contributed by atoms with Gasteiger partial charge in [-0.25, -0.2) is 0 Å². The number of ether oxygens (including phenoxy) is 2. The molecule has 0 amide bonds. The number of hydrogen-bond donors (Lipinski definition) is 0. The monoisotopic (exact) mass is 270 g/mol. The molecule has 2 rings (SSSR count). The molecule has 0 aliphatic rings. The van der Waals surface area contributed by atoms with Gasteiger partial charge in [0.15, 0.2) is 11.5 Å². The molecule has 0 N–H and O–H groups in total. The summed E-state index contributed by atoms with van der Waals surface area (Å²) in [6.45, 7) is 4.56. The van der Waals surface area contributed by atoms with Crippen molar-refractivity contribution in [3.05, 3.63) is 47.8 Å². The number of methoxy groups -OCH3 is 1. The smallest absolute Gasteiger partial charge is 0.161 e. The fourth-order valence-corrected chi connectivity index (χ4v) is 1.89. The standard InChI is InChI=1S/C16H18N2O2/c1-4-20-16-11-13(7-8-15(16)19-3)10-12(2)14-6-5-9-17-18-14/h5-11H,4H2,1-3H3/b12-10+. The van der Waals surface area contributed by atoms with Gasteiger partial charge in [0.1, 0.15) is 0 Å². The summed E-state index contributed by atoms with van der Waals surface area (Å²) >= 11 is 0. The SMILES string of the molecule is CCOc1cc(/C=C(\C)c2cccnn2)ccc1OC. The molecule has 2 aromatic rings. The summed E-state index contributed by atoms with van der Waals surface area (Å²) < 4.78 is 10.8. The molecule has 0 fully saturated rings.